The Bertz CT molecular complexity index is 171. The van der Waals surface area contributed by atoms with Gasteiger partial charge in [0.05, 0.1) is 0 Å². The van der Waals surface area contributed by atoms with E-state index in [1.54, 1.807) is 0 Å². The molecular weight excluding hydrogens is 122 g/mol. The van der Waals surface area contributed by atoms with Gasteiger partial charge in [-0.2, -0.15) is 0 Å². The monoisotopic (exact) mass is 129 g/mol. The Morgan fingerprint density at radius 2 is 2.11 bits per heavy atom. The van der Waals surface area contributed by atoms with Crippen LogP contribution < -0.4 is 5.73 Å². The summed E-state index contributed by atoms with van der Waals surface area (Å²) in [6.07, 6.45) is 0.406. The molecule has 0 aromatic carbocycles. The molecule has 0 radical (unpaired) electrons. The Morgan fingerprint density at radius 1 is 1.67 bits per heavy atom. The lowest BCUT2D eigenvalue weighted by molar-refractivity contribution is -0.133. The molecule has 0 aliphatic rings. The standard InChI is InChI=1S/C5H7NO3/c1-3(2-7)4(6)5(8)9/h2H,6H2,1H3,(H,8,9)/b4-3-. The summed E-state index contributed by atoms with van der Waals surface area (Å²) in [5, 5.41) is 8.14. The maximum atomic E-state index is 9.96. The number of rotatable bonds is 2. The van der Waals surface area contributed by atoms with E-state index in [1.165, 1.54) is 6.92 Å². The highest BCUT2D eigenvalue weighted by Crippen LogP contribution is 1.91. The minimum absolute atomic E-state index is 0.0440. The van der Waals surface area contributed by atoms with Crippen LogP contribution in [0.3, 0.4) is 0 Å². The fraction of sp³-hybridized carbons (Fsp3) is 0.200. The first-order chi connectivity index (χ1) is 4.09. The van der Waals surface area contributed by atoms with Gasteiger partial charge in [0.1, 0.15) is 12.0 Å². The van der Waals surface area contributed by atoms with Crippen molar-refractivity contribution >= 4 is 12.3 Å². The Labute approximate surface area is 52.0 Å². The van der Waals surface area contributed by atoms with E-state index in [-0.39, 0.29) is 5.57 Å². The number of hydrogen-bond acceptors (Lipinski definition) is 3. The van der Waals surface area contributed by atoms with Crippen molar-refractivity contribution in [2.45, 2.75) is 6.92 Å². The predicted molar refractivity (Wildman–Crippen MR) is 30.6 cm³/mol. The molecule has 0 fully saturated rings. The summed E-state index contributed by atoms with van der Waals surface area (Å²) < 4.78 is 0. The maximum absolute atomic E-state index is 9.96. The fourth-order valence-electron chi connectivity index (χ4n) is 0.232. The van der Waals surface area contributed by atoms with E-state index in [0.717, 1.165) is 0 Å². The Balaban J connectivity index is 4.47. The molecule has 4 heteroatoms. The molecule has 0 aliphatic heterocycles. The number of carbonyl (C=O) groups is 2. The number of carboxylic acids is 1. The van der Waals surface area contributed by atoms with E-state index in [1.807, 2.05) is 0 Å². The molecule has 0 heterocycles. The van der Waals surface area contributed by atoms with E-state index in [2.05, 4.69) is 0 Å². The van der Waals surface area contributed by atoms with Crippen LogP contribution >= 0.6 is 0 Å². The molecule has 0 rings (SSSR count). The molecule has 0 aromatic heterocycles. The molecule has 0 spiro atoms. The molecule has 0 saturated carbocycles. The van der Waals surface area contributed by atoms with Gasteiger partial charge < -0.3 is 10.8 Å². The first-order valence-electron chi connectivity index (χ1n) is 2.24. The molecule has 0 aromatic rings. The van der Waals surface area contributed by atoms with Crippen LogP contribution in [0, 0.1) is 0 Å². The number of carboxylic acid groups (broad SMARTS) is 1. The van der Waals surface area contributed by atoms with Crippen molar-refractivity contribution in [2.24, 2.45) is 5.73 Å². The van der Waals surface area contributed by atoms with Crippen molar-refractivity contribution in [3.8, 4) is 0 Å². The van der Waals surface area contributed by atoms with Gasteiger partial charge in [-0.05, 0) is 6.92 Å². The summed E-state index contributed by atoms with van der Waals surface area (Å²) in [6, 6.07) is 0. The zero-order valence-corrected chi connectivity index (χ0v) is 4.92. The smallest absolute Gasteiger partial charge is 0.352 e. The van der Waals surface area contributed by atoms with Crippen molar-refractivity contribution in [3.63, 3.8) is 0 Å². The zero-order valence-electron chi connectivity index (χ0n) is 4.92. The first kappa shape index (κ1) is 7.68. The molecule has 4 nitrogen and oxygen atoms in total. The topological polar surface area (TPSA) is 80.4 Å². The molecule has 50 valence electrons. The van der Waals surface area contributed by atoms with Crippen molar-refractivity contribution in [1.82, 2.24) is 0 Å². The van der Waals surface area contributed by atoms with Gasteiger partial charge >= 0.3 is 5.97 Å². The van der Waals surface area contributed by atoms with E-state index in [0.29, 0.717) is 6.29 Å². The molecule has 0 aliphatic carbocycles. The number of aliphatic carboxylic acids is 1. The predicted octanol–water partition coefficient (Wildman–Crippen LogP) is -0.497. The van der Waals surface area contributed by atoms with Gasteiger partial charge in [0, 0.05) is 5.57 Å². The summed E-state index contributed by atoms with van der Waals surface area (Å²) in [4.78, 5) is 19.8. The van der Waals surface area contributed by atoms with Crippen molar-refractivity contribution in [1.29, 1.82) is 0 Å². The number of carbonyl (C=O) groups excluding carboxylic acids is 1. The largest absolute Gasteiger partial charge is 0.477 e. The highest BCUT2D eigenvalue weighted by atomic mass is 16.4. The second-order valence-corrected chi connectivity index (χ2v) is 1.52. The van der Waals surface area contributed by atoms with Gasteiger partial charge in [-0.25, -0.2) is 4.79 Å². The summed E-state index contributed by atoms with van der Waals surface area (Å²) in [5.74, 6) is -1.26. The van der Waals surface area contributed by atoms with Gasteiger partial charge in [0.15, 0.2) is 0 Å². The lowest BCUT2D eigenvalue weighted by Crippen LogP contribution is -2.12. The van der Waals surface area contributed by atoms with Gasteiger partial charge in [-0.1, -0.05) is 0 Å². The van der Waals surface area contributed by atoms with E-state index < -0.39 is 11.7 Å². The van der Waals surface area contributed by atoms with Crippen LogP contribution in [-0.2, 0) is 9.59 Å². The van der Waals surface area contributed by atoms with Gasteiger partial charge in [0.2, 0.25) is 0 Å². The third-order valence-corrected chi connectivity index (χ3v) is 0.832. The molecule has 0 bridgehead atoms. The lowest BCUT2D eigenvalue weighted by atomic mass is 10.2. The van der Waals surface area contributed by atoms with Gasteiger partial charge in [0.25, 0.3) is 0 Å². The Hall–Kier alpha value is -1.32. The van der Waals surface area contributed by atoms with Crippen molar-refractivity contribution in [2.75, 3.05) is 0 Å². The molecule has 9 heavy (non-hydrogen) atoms. The third-order valence-electron chi connectivity index (χ3n) is 0.832. The first-order valence-corrected chi connectivity index (χ1v) is 2.24. The van der Waals surface area contributed by atoms with Crippen LogP contribution in [0.2, 0.25) is 0 Å². The van der Waals surface area contributed by atoms with Gasteiger partial charge in [-0.15, -0.1) is 0 Å². The second kappa shape index (κ2) is 2.86. The minimum Gasteiger partial charge on any atom is -0.477 e. The van der Waals surface area contributed by atoms with Gasteiger partial charge in [-0.3, -0.25) is 4.79 Å². The van der Waals surface area contributed by atoms with Crippen molar-refractivity contribution in [3.05, 3.63) is 11.3 Å². The van der Waals surface area contributed by atoms with E-state index in [4.69, 9.17) is 10.8 Å². The van der Waals surface area contributed by atoms with Crippen LogP contribution in [0.5, 0.6) is 0 Å². The lowest BCUT2D eigenvalue weighted by Gasteiger charge is -1.92. The normalized spacial score (nSPS) is 12.1. The molecule has 3 N–H and O–H groups in total. The molecule has 0 amide bonds. The number of allylic oxidation sites excluding steroid dienone is 1. The van der Waals surface area contributed by atoms with Crippen molar-refractivity contribution < 1.29 is 14.7 Å². The molecule has 0 atom stereocenters. The average molecular weight is 129 g/mol. The van der Waals surface area contributed by atoms with E-state index >= 15 is 0 Å². The number of hydrogen-bond donors (Lipinski definition) is 2. The Morgan fingerprint density at radius 3 is 2.22 bits per heavy atom. The van der Waals surface area contributed by atoms with Crippen LogP contribution in [0.15, 0.2) is 11.3 Å². The summed E-state index contributed by atoms with van der Waals surface area (Å²) in [6.45, 7) is 1.34. The highest BCUT2D eigenvalue weighted by Gasteiger charge is 2.03. The SMILES string of the molecule is C/C(C=O)=C(/N)C(=O)O. The Kier molecular flexibility index (Phi) is 2.44. The second-order valence-electron chi connectivity index (χ2n) is 1.52. The van der Waals surface area contributed by atoms with Crippen LogP contribution in [-0.4, -0.2) is 17.4 Å². The minimum atomic E-state index is -1.26. The highest BCUT2D eigenvalue weighted by molar-refractivity contribution is 5.92. The quantitative estimate of drug-likeness (QED) is 0.389. The van der Waals surface area contributed by atoms with Crippen LogP contribution in [0.25, 0.3) is 0 Å². The van der Waals surface area contributed by atoms with Crippen LogP contribution in [0.4, 0.5) is 0 Å². The van der Waals surface area contributed by atoms with Crippen LogP contribution in [0.1, 0.15) is 6.92 Å². The summed E-state index contributed by atoms with van der Waals surface area (Å²) in [7, 11) is 0. The zero-order chi connectivity index (χ0) is 7.44. The number of aldehydes is 1. The number of nitrogens with two attached hydrogens (primary N) is 1. The summed E-state index contributed by atoms with van der Waals surface area (Å²) in [5.41, 5.74) is 4.57. The molecule has 0 unspecified atom stereocenters. The third kappa shape index (κ3) is 1.94. The molecule has 0 saturated heterocycles. The summed E-state index contributed by atoms with van der Waals surface area (Å²) >= 11 is 0. The fourth-order valence-corrected chi connectivity index (χ4v) is 0.232. The molecular formula is C5H7NO3. The van der Waals surface area contributed by atoms with E-state index in [9.17, 15) is 9.59 Å². The maximum Gasteiger partial charge on any atom is 0.352 e. The average Bonchev–Trinajstić information content (AvgIpc) is 1.84.